The molecule has 1 saturated heterocycles. The number of rotatable bonds is 4. The molecule has 0 radical (unpaired) electrons. The number of ether oxygens (including phenoxy) is 1. The number of hydrogen-bond acceptors (Lipinski definition) is 3. The van der Waals surface area contributed by atoms with Crippen LogP contribution in [0.1, 0.15) is 48.5 Å². The fraction of sp³-hybridized carbons (Fsp3) is 0.562. The van der Waals surface area contributed by atoms with Crippen LogP contribution in [-0.4, -0.2) is 30.8 Å². The average Bonchev–Trinajstić information content (AvgIpc) is 2.46. The summed E-state index contributed by atoms with van der Waals surface area (Å²) in [7, 11) is 0. The van der Waals surface area contributed by atoms with Gasteiger partial charge in [0, 0.05) is 19.8 Å². The number of aromatic hydroxyl groups is 1. The molecule has 1 amide bonds. The molecule has 0 atom stereocenters. The summed E-state index contributed by atoms with van der Waals surface area (Å²) in [4.78, 5) is 12.2. The zero-order valence-electron chi connectivity index (χ0n) is 12.2. The van der Waals surface area contributed by atoms with E-state index in [-0.39, 0.29) is 17.6 Å². The van der Waals surface area contributed by atoms with Gasteiger partial charge in [-0.05, 0) is 36.3 Å². The molecule has 0 aromatic heterocycles. The highest BCUT2D eigenvalue weighted by molar-refractivity contribution is 5.97. The highest BCUT2D eigenvalue weighted by Crippen LogP contribution is 2.28. The Hall–Kier alpha value is -1.55. The summed E-state index contributed by atoms with van der Waals surface area (Å²) in [5.41, 5.74) is 1.17. The van der Waals surface area contributed by atoms with Crippen molar-refractivity contribution in [1.29, 1.82) is 0 Å². The largest absolute Gasteiger partial charge is 0.507 e. The van der Waals surface area contributed by atoms with Gasteiger partial charge in [0.1, 0.15) is 5.75 Å². The minimum absolute atomic E-state index is 0.104. The fourth-order valence-corrected chi connectivity index (χ4v) is 2.49. The van der Waals surface area contributed by atoms with Crippen LogP contribution in [0.3, 0.4) is 0 Å². The van der Waals surface area contributed by atoms with Crippen LogP contribution in [-0.2, 0) is 4.74 Å². The number of nitrogens with one attached hydrogen (secondary N) is 1. The van der Waals surface area contributed by atoms with Crippen LogP contribution in [0.15, 0.2) is 18.2 Å². The SMILES string of the molecule is CC(C)c1cccc(C(=O)NCC2CCOCC2)c1O. The van der Waals surface area contributed by atoms with Crippen LogP contribution < -0.4 is 5.32 Å². The van der Waals surface area contributed by atoms with Gasteiger partial charge in [-0.25, -0.2) is 0 Å². The number of carbonyl (C=O) groups excluding carboxylic acids is 1. The standard InChI is InChI=1S/C16H23NO3/c1-11(2)13-4-3-5-14(15(13)18)16(19)17-10-12-6-8-20-9-7-12/h3-5,11-12,18H,6-10H2,1-2H3,(H,17,19). The molecular formula is C16H23NO3. The first-order valence-electron chi connectivity index (χ1n) is 7.27. The second-order valence-electron chi connectivity index (χ2n) is 5.66. The summed E-state index contributed by atoms with van der Waals surface area (Å²) in [5.74, 6) is 0.574. The predicted molar refractivity (Wildman–Crippen MR) is 78.1 cm³/mol. The zero-order valence-corrected chi connectivity index (χ0v) is 12.2. The molecule has 0 bridgehead atoms. The number of phenols is 1. The van der Waals surface area contributed by atoms with E-state index in [0.29, 0.717) is 18.0 Å². The summed E-state index contributed by atoms with van der Waals surface area (Å²) >= 11 is 0. The first kappa shape index (κ1) is 14.9. The zero-order chi connectivity index (χ0) is 14.5. The van der Waals surface area contributed by atoms with E-state index in [9.17, 15) is 9.90 Å². The lowest BCUT2D eigenvalue weighted by molar-refractivity contribution is 0.0642. The van der Waals surface area contributed by atoms with Crippen LogP contribution >= 0.6 is 0 Å². The van der Waals surface area contributed by atoms with Gasteiger partial charge in [0.25, 0.3) is 5.91 Å². The Labute approximate surface area is 120 Å². The molecule has 1 aromatic rings. The van der Waals surface area contributed by atoms with Crippen LogP contribution in [0.2, 0.25) is 0 Å². The maximum atomic E-state index is 12.2. The van der Waals surface area contributed by atoms with Gasteiger partial charge in [-0.1, -0.05) is 26.0 Å². The molecule has 1 aromatic carbocycles. The van der Waals surface area contributed by atoms with E-state index in [2.05, 4.69) is 5.32 Å². The van der Waals surface area contributed by atoms with Crippen molar-refractivity contribution in [2.45, 2.75) is 32.6 Å². The Morgan fingerprint density at radius 1 is 1.40 bits per heavy atom. The Kier molecular flexibility index (Phi) is 5.01. The molecule has 2 N–H and O–H groups in total. The fourth-order valence-electron chi connectivity index (χ4n) is 2.49. The summed E-state index contributed by atoms with van der Waals surface area (Å²) < 4.78 is 5.30. The molecule has 110 valence electrons. The van der Waals surface area contributed by atoms with E-state index in [1.54, 1.807) is 6.07 Å². The lowest BCUT2D eigenvalue weighted by Gasteiger charge is -2.22. The predicted octanol–water partition coefficient (Wildman–Crippen LogP) is 2.67. The van der Waals surface area contributed by atoms with Gasteiger partial charge in [-0.3, -0.25) is 4.79 Å². The summed E-state index contributed by atoms with van der Waals surface area (Å²) in [6.07, 6.45) is 1.97. The first-order chi connectivity index (χ1) is 9.59. The number of amides is 1. The first-order valence-corrected chi connectivity index (χ1v) is 7.27. The van der Waals surface area contributed by atoms with Crippen LogP contribution in [0, 0.1) is 5.92 Å². The van der Waals surface area contributed by atoms with Crippen molar-refractivity contribution in [3.8, 4) is 5.75 Å². The monoisotopic (exact) mass is 277 g/mol. The van der Waals surface area contributed by atoms with Gasteiger partial charge >= 0.3 is 0 Å². The molecule has 1 heterocycles. The topological polar surface area (TPSA) is 58.6 Å². The van der Waals surface area contributed by atoms with E-state index < -0.39 is 0 Å². The van der Waals surface area contributed by atoms with E-state index in [4.69, 9.17) is 4.74 Å². The molecule has 2 rings (SSSR count). The van der Waals surface area contributed by atoms with Gasteiger partial charge in [0.15, 0.2) is 0 Å². The number of carbonyl (C=O) groups is 1. The lowest BCUT2D eigenvalue weighted by atomic mass is 9.98. The summed E-state index contributed by atoms with van der Waals surface area (Å²) in [6.45, 7) is 6.19. The van der Waals surface area contributed by atoms with Gasteiger partial charge < -0.3 is 15.2 Å². The molecule has 1 aliphatic rings. The molecule has 1 aliphatic heterocycles. The van der Waals surface area contributed by atoms with Crippen molar-refractivity contribution in [1.82, 2.24) is 5.32 Å². The third-order valence-corrected chi connectivity index (χ3v) is 3.83. The lowest BCUT2D eigenvalue weighted by Crippen LogP contribution is -2.32. The Morgan fingerprint density at radius 3 is 2.75 bits per heavy atom. The quantitative estimate of drug-likeness (QED) is 0.889. The molecule has 0 aliphatic carbocycles. The van der Waals surface area contributed by atoms with E-state index in [1.807, 2.05) is 26.0 Å². The normalized spacial score (nSPS) is 16.4. The molecule has 20 heavy (non-hydrogen) atoms. The minimum Gasteiger partial charge on any atom is -0.507 e. The molecular weight excluding hydrogens is 254 g/mol. The highest BCUT2D eigenvalue weighted by atomic mass is 16.5. The Balaban J connectivity index is 2.00. The second-order valence-corrected chi connectivity index (χ2v) is 5.66. The molecule has 1 fully saturated rings. The molecule has 0 saturated carbocycles. The molecule has 0 unspecified atom stereocenters. The van der Waals surface area contributed by atoms with E-state index in [0.717, 1.165) is 31.6 Å². The highest BCUT2D eigenvalue weighted by Gasteiger charge is 2.18. The van der Waals surface area contributed by atoms with Gasteiger partial charge in [-0.15, -0.1) is 0 Å². The smallest absolute Gasteiger partial charge is 0.255 e. The van der Waals surface area contributed by atoms with Crippen LogP contribution in [0.4, 0.5) is 0 Å². The number of phenolic OH excluding ortho intramolecular Hbond substituents is 1. The van der Waals surface area contributed by atoms with Crippen LogP contribution in [0.5, 0.6) is 5.75 Å². The Morgan fingerprint density at radius 2 is 2.10 bits per heavy atom. The summed E-state index contributed by atoms with van der Waals surface area (Å²) in [5, 5.41) is 13.1. The Bertz CT molecular complexity index is 465. The van der Waals surface area contributed by atoms with Crippen molar-refractivity contribution >= 4 is 5.91 Å². The van der Waals surface area contributed by atoms with Crippen molar-refractivity contribution in [2.24, 2.45) is 5.92 Å². The van der Waals surface area contributed by atoms with Crippen molar-refractivity contribution in [2.75, 3.05) is 19.8 Å². The summed E-state index contributed by atoms with van der Waals surface area (Å²) in [6, 6.07) is 5.34. The number of para-hydroxylation sites is 1. The average molecular weight is 277 g/mol. The van der Waals surface area contributed by atoms with Crippen molar-refractivity contribution in [3.63, 3.8) is 0 Å². The van der Waals surface area contributed by atoms with Crippen molar-refractivity contribution < 1.29 is 14.6 Å². The third-order valence-electron chi connectivity index (χ3n) is 3.83. The maximum absolute atomic E-state index is 12.2. The second kappa shape index (κ2) is 6.75. The third kappa shape index (κ3) is 3.51. The molecule has 4 nitrogen and oxygen atoms in total. The van der Waals surface area contributed by atoms with E-state index in [1.165, 1.54) is 0 Å². The molecule has 0 spiro atoms. The van der Waals surface area contributed by atoms with Crippen molar-refractivity contribution in [3.05, 3.63) is 29.3 Å². The number of benzene rings is 1. The van der Waals surface area contributed by atoms with Crippen LogP contribution in [0.25, 0.3) is 0 Å². The van der Waals surface area contributed by atoms with Gasteiger partial charge in [-0.2, -0.15) is 0 Å². The molecule has 4 heteroatoms. The number of hydrogen-bond donors (Lipinski definition) is 2. The minimum atomic E-state index is -0.198. The van der Waals surface area contributed by atoms with Gasteiger partial charge in [0.05, 0.1) is 5.56 Å². The van der Waals surface area contributed by atoms with E-state index >= 15 is 0 Å². The van der Waals surface area contributed by atoms with Gasteiger partial charge in [0.2, 0.25) is 0 Å². The maximum Gasteiger partial charge on any atom is 0.255 e.